The van der Waals surface area contributed by atoms with Crippen molar-refractivity contribution in [3.8, 4) is 0 Å². The summed E-state index contributed by atoms with van der Waals surface area (Å²) in [7, 11) is 0. The summed E-state index contributed by atoms with van der Waals surface area (Å²) in [5.41, 5.74) is 0. The molecule has 1 aliphatic rings. The van der Waals surface area contributed by atoms with E-state index < -0.39 is 29.7 Å². The van der Waals surface area contributed by atoms with Gasteiger partial charge in [-0.2, -0.15) is 0 Å². The largest absolute Gasteiger partial charge is 0.481 e. The molecular formula is C10H15N3O5. The minimum atomic E-state index is -0.993. The van der Waals surface area contributed by atoms with Gasteiger partial charge in [-0.05, 0) is 6.42 Å². The van der Waals surface area contributed by atoms with E-state index in [9.17, 15) is 19.2 Å². The lowest BCUT2D eigenvalue weighted by Crippen LogP contribution is -2.42. The Bertz CT molecular complexity index is 366. The summed E-state index contributed by atoms with van der Waals surface area (Å²) in [6.07, 6.45) is 0.388. The number of carbonyl (C=O) groups is 4. The SMILES string of the molecule is CCC(CNC(=O)CN1C(=O)CNC1=O)C(=O)O. The van der Waals surface area contributed by atoms with Crippen LogP contribution < -0.4 is 10.6 Å². The van der Waals surface area contributed by atoms with E-state index in [0.29, 0.717) is 6.42 Å². The third-order valence-corrected chi connectivity index (χ3v) is 2.63. The van der Waals surface area contributed by atoms with Gasteiger partial charge in [-0.25, -0.2) is 4.79 Å². The first-order chi connectivity index (χ1) is 8.45. The van der Waals surface area contributed by atoms with Crippen molar-refractivity contribution in [2.45, 2.75) is 13.3 Å². The van der Waals surface area contributed by atoms with Crippen LogP contribution in [0, 0.1) is 5.92 Å². The number of imide groups is 1. The number of hydrogen-bond acceptors (Lipinski definition) is 4. The van der Waals surface area contributed by atoms with Crippen LogP contribution in [0.1, 0.15) is 13.3 Å². The van der Waals surface area contributed by atoms with Crippen LogP contribution in [0.4, 0.5) is 4.79 Å². The van der Waals surface area contributed by atoms with Gasteiger partial charge in [0.25, 0.3) is 5.91 Å². The number of nitrogens with one attached hydrogen (secondary N) is 2. The molecule has 3 N–H and O–H groups in total. The van der Waals surface area contributed by atoms with E-state index in [1.54, 1.807) is 6.92 Å². The predicted molar refractivity (Wildman–Crippen MR) is 59.5 cm³/mol. The molecule has 1 aliphatic heterocycles. The molecule has 0 saturated carbocycles. The average molecular weight is 257 g/mol. The van der Waals surface area contributed by atoms with Crippen molar-refractivity contribution in [2.24, 2.45) is 5.92 Å². The fraction of sp³-hybridized carbons (Fsp3) is 0.600. The number of rotatable bonds is 6. The Balaban J connectivity index is 2.40. The molecule has 0 spiro atoms. The minimum Gasteiger partial charge on any atom is -0.481 e. The summed E-state index contributed by atoms with van der Waals surface area (Å²) >= 11 is 0. The van der Waals surface area contributed by atoms with E-state index >= 15 is 0 Å². The third-order valence-electron chi connectivity index (χ3n) is 2.63. The summed E-state index contributed by atoms with van der Waals surface area (Å²) in [4.78, 5) is 45.3. The van der Waals surface area contributed by atoms with Crippen molar-refractivity contribution in [3.05, 3.63) is 0 Å². The molecule has 1 heterocycles. The molecule has 100 valence electrons. The number of carbonyl (C=O) groups excluding carboxylic acids is 3. The standard InChI is InChI=1S/C10H15N3O5/c1-2-6(9(16)17)3-11-7(14)5-13-8(15)4-12-10(13)18/h6H,2-5H2,1H3,(H,11,14)(H,12,18)(H,16,17). The van der Waals surface area contributed by atoms with Crippen molar-refractivity contribution >= 4 is 23.8 Å². The first-order valence-corrected chi connectivity index (χ1v) is 5.53. The molecule has 1 fully saturated rings. The number of hydrogen-bond donors (Lipinski definition) is 3. The molecular weight excluding hydrogens is 242 g/mol. The molecule has 0 radical (unpaired) electrons. The van der Waals surface area contributed by atoms with Gasteiger partial charge >= 0.3 is 12.0 Å². The van der Waals surface area contributed by atoms with Crippen LogP contribution in [-0.2, 0) is 14.4 Å². The molecule has 1 atom stereocenters. The highest BCUT2D eigenvalue weighted by Crippen LogP contribution is 2.01. The molecule has 8 heteroatoms. The molecule has 0 aromatic heterocycles. The van der Waals surface area contributed by atoms with Crippen LogP contribution in [0.3, 0.4) is 0 Å². The van der Waals surface area contributed by atoms with E-state index in [-0.39, 0.29) is 19.6 Å². The zero-order valence-electron chi connectivity index (χ0n) is 9.93. The van der Waals surface area contributed by atoms with Crippen molar-refractivity contribution < 1.29 is 24.3 Å². The van der Waals surface area contributed by atoms with E-state index in [4.69, 9.17) is 5.11 Å². The Morgan fingerprint density at radius 1 is 1.50 bits per heavy atom. The fourth-order valence-corrected chi connectivity index (χ4v) is 1.46. The normalized spacial score (nSPS) is 16.4. The molecule has 8 nitrogen and oxygen atoms in total. The first kappa shape index (κ1) is 13.9. The maximum absolute atomic E-state index is 11.5. The van der Waals surface area contributed by atoms with Gasteiger partial charge in [0.05, 0.1) is 12.5 Å². The molecule has 1 unspecified atom stereocenters. The van der Waals surface area contributed by atoms with E-state index in [1.165, 1.54) is 0 Å². The van der Waals surface area contributed by atoms with Gasteiger partial charge < -0.3 is 15.7 Å². The number of aliphatic carboxylic acids is 1. The third kappa shape index (κ3) is 3.44. The summed E-state index contributed by atoms with van der Waals surface area (Å²) in [6, 6.07) is -0.611. The Kier molecular flexibility index (Phi) is 4.64. The number of carboxylic acids is 1. The van der Waals surface area contributed by atoms with Crippen LogP contribution in [0.15, 0.2) is 0 Å². The van der Waals surface area contributed by atoms with E-state index in [2.05, 4.69) is 10.6 Å². The van der Waals surface area contributed by atoms with Crippen LogP contribution in [0.2, 0.25) is 0 Å². The molecule has 0 aromatic rings. The van der Waals surface area contributed by atoms with Crippen LogP contribution >= 0.6 is 0 Å². The van der Waals surface area contributed by atoms with Crippen molar-refractivity contribution in [3.63, 3.8) is 0 Å². The monoisotopic (exact) mass is 257 g/mol. The lowest BCUT2D eigenvalue weighted by molar-refractivity contribution is -0.142. The Morgan fingerprint density at radius 2 is 2.17 bits per heavy atom. The van der Waals surface area contributed by atoms with Gasteiger partial charge in [-0.3, -0.25) is 19.3 Å². The molecule has 0 aromatic carbocycles. The summed E-state index contributed by atoms with van der Waals surface area (Å²) in [5, 5.41) is 13.4. The van der Waals surface area contributed by atoms with Gasteiger partial charge in [-0.15, -0.1) is 0 Å². The van der Waals surface area contributed by atoms with Crippen molar-refractivity contribution in [2.75, 3.05) is 19.6 Å². The first-order valence-electron chi connectivity index (χ1n) is 5.53. The highest BCUT2D eigenvalue weighted by atomic mass is 16.4. The second kappa shape index (κ2) is 5.99. The lowest BCUT2D eigenvalue weighted by atomic mass is 10.1. The average Bonchev–Trinajstić information content (AvgIpc) is 2.61. The predicted octanol–water partition coefficient (Wildman–Crippen LogP) is -1.23. The zero-order chi connectivity index (χ0) is 13.7. The topological polar surface area (TPSA) is 116 Å². The summed E-state index contributed by atoms with van der Waals surface area (Å²) < 4.78 is 0. The number of urea groups is 1. The fourth-order valence-electron chi connectivity index (χ4n) is 1.46. The molecule has 18 heavy (non-hydrogen) atoms. The molecule has 1 saturated heterocycles. The van der Waals surface area contributed by atoms with Gasteiger partial charge in [0.15, 0.2) is 0 Å². The highest BCUT2D eigenvalue weighted by molar-refractivity contribution is 6.04. The lowest BCUT2D eigenvalue weighted by Gasteiger charge is -2.14. The van der Waals surface area contributed by atoms with Crippen molar-refractivity contribution in [1.29, 1.82) is 0 Å². The van der Waals surface area contributed by atoms with E-state index in [1.807, 2.05) is 0 Å². The number of carboxylic acid groups (broad SMARTS) is 1. The van der Waals surface area contributed by atoms with Crippen LogP contribution in [-0.4, -0.2) is 53.5 Å². The maximum Gasteiger partial charge on any atom is 0.325 e. The Labute approximate surface area is 103 Å². The van der Waals surface area contributed by atoms with Crippen molar-refractivity contribution in [1.82, 2.24) is 15.5 Å². The molecule has 4 amide bonds. The van der Waals surface area contributed by atoms with E-state index in [0.717, 1.165) is 4.90 Å². The molecule has 0 bridgehead atoms. The minimum absolute atomic E-state index is 0.0195. The second-order valence-electron chi connectivity index (χ2n) is 3.89. The van der Waals surface area contributed by atoms with Gasteiger partial charge in [0.1, 0.15) is 6.54 Å². The molecule has 1 rings (SSSR count). The highest BCUT2D eigenvalue weighted by Gasteiger charge is 2.30. The number of nitrogens with zero attached hydrogens (tertiary/aromatic N) is 1. The quantitative estimate of drug-likeness (QED) is 0.515. The molecule has 0 aliphatic carbocycles. The van der Waals surface area contributed by atoms with Gasteiger partial charge in [0.2, 0.25) is 5.91 Å². The smallest absolute Gasteiger partial charge is 0.325 e. The number of amides is 4. The Morgan fingerprint density at radius 3 is 2.61 bits per heavy atom. The Hall–Kier alpha value is -2.12. The maximum atomic E-state index is 11.5. The zero-order valence-corrected chi connectivity index (χ0v) is 9.93. The van der Waals surface area contributed by atoms with Crippen LogP contribution in [0.5, 0.6) is 0 Å². The second-order valence-corrected chi connectivity index (χ2v) is 3.89. The van der Waals surface area contributed by atoms with Crippen LogP contribution in [0.25, 0.3) is 0 Å². The van der Waals surface area contributed by atoms with Gasteiger partial charge in [-0.1, -0.05) is 6.92 Å². The summed E-state index contributed by atoms with van der Waals surface area (Å²) in [6.45, 7) is 1.18. The van der Waals surface area contributed by atoms with Gasteiger partial charge in [0, 0.05) is 6.54 Å². The summed E-state index contributed by atoms with van der Waals surface area (Å²) in [5.74, 6) is -2.69.